The van der Waals surface area contributed by atoms with Gasteiger partial charge in [-0.2, -0.15) is 0 Å². The number of fused-ring (bicyclic) bond motifs is 10. The van der Waals surface area contributed by atoms with Crippen molar-refractivity contribution in [3.8, 4) is 45.0 Å². The van der Waals surface area contributed by atoms with Crippen LogP contribution in [0.25, 0.3) is 45.0 Å². The van der Waals surface area contributed by atoms with Gasteiger partial charge in [-0.1, -0.05) is 162 Å². The van der Waals surface area contributed by atoms with Crippen LogP contribution in [0.3, 0.4) is 0 Å². The second-order valence-corrected chi connectivity index (χ2v) is 21.3. The maximum absolute atomic E-state index is 13.7. The lowest BCUT2D eigenvalue weighted by atomic mass is 9.95. The molecule has 20 nitrogen and oxygen atoms in total. The summed E-state index contributed by atoms with van der Waals surface area (Å²) in [5, 5.41) is 23.6. The van der Waals surface area contributed by atoms with Gasteiger partial charge in [0.25, 0.3) is 0 Å². The van der Waals surface area contributed by atoms with Crippen molar-refractivity contribution in [1.82, 2.24) is 40.6 Å². The predicted octanol–water partition coefficient (Wildman–Crippen LogP) is 10.6. The molecular weight excluding hydrogens is 1090 g/mol. The molecule has 2 N–H and O–H groups in total. The fourth-order valence-electron chi connectivity index (χ4n) is 10.3. The highest BCUT2D eigenvalue weighted by Gasteiger charge is 2.31. The third kappa shape index (κ3) is 18.9. The molecule has 0 atom stereocenters. The zero-order chi connectivity index (χ0) is 60.9. The summed E-state index contributed by atoms with van der Waals surface area (Å²) in [6.07, 6.45) is 11.2. The van der Waals surface area contributed by atoms with Crippen molar-refractivity contribution in [2.45, 2.75) is 157 Å². The third-order valence-corrected chi connectivity index (χ3v) is 14.7. The summed E-state index contributed by atoms with van der Waals surface area (Å²) in [4.78, 5) is 80.1. The minimum atomic E-state index is -0.209. The summed E-state index contributed by atoms with van der Waals surface area (Å²) in [6, 6.07) is 31.0. The Morgan fingerprint density at radius 2 is 0.849 bits per heavy atom. The Hall–Kier alpha value is -8.10. The number of benzene rings is 4. The SMILES string of the molecule is CCCCCCC(=O)OCCn1nnc2c1-c1ccccc1CN(C(=O)CCC(=O)NCCOCCC)c1ccccc1-2.CCCCCCC(=O)OCCn1nnc2c1-c1ccccc1N(C(=O)CCC(=O)NCCOCCC)Cc1ccccc1-2. The van der Waals surface area contributed by atoms with Gasteiger partial charge in [0.2, 0.25) is 23.6 Å². The summed E-state index contributed by atoms with van der Waals surface area (Å²) in [5.41, 5.74) is 9.58. The molecule has 2 aliphatic heterocycles. The number of nitrogens with one attached hydrogen (secondary N) is 2. The van der Waals surface area contributed by atoms with Gasteiger partial charge in [-0.25, -0.2) is 9.36 Å². The van der Waals surface area contributed by atoms with Gasteiger partial charge in [0.1, 0.15) is 24.6 Å². The first-order chi connectivity index (χ1) is 42.1. The lowest BCUT2D eigenvalue weighted by Crippen LogP contribution is -2.34. The highest BCUT2D eigenvalue weighted by atomic mass is 16.5. The van der Waals surface area contributed by atoms with Crippen molar-refractivity contribution < 1.29 is 47.7 Å². The molecule has 86 heavy (non-hydrogen) atoms. The summed E-state index contributed by atoms with van der Waals surface area (Å²) in [7, 11) is 0. The van der Waals surface area contributed by atoms with E-state index in [-0.39, 0.29) is 74.5 Å². The van der Waals surface area contributed by atoms with Gasteiger partial charge < -0.3 is 39.4 Å². The smallest absolute Gasteiger partial charge is 0.305 e. The number of anilines is 2. The van der Waals surface area contributed by atoms with Crippen LogP contribution < -0.4 is 20.4 Å². The first-order valence-corrected chi connectivity index (χ1v) is 30.9. The number of hydrogen-bond donors (Lipinski definition) is 2. The van der Waals surface area contributed by atoms with Crippen molar-refractivity contribution in [2.24, 2.45) is 0 Å². The van der Waals surface area contributed by atoms with E-state index in [1.807, 2.05) is 111 Å². The summed E-state index contributed by atoms with van der Waals surface area (Å²) < 4.78 is 25.4. The molecule has 2 aliphatic rings. The normalized spacial score (nSPS) is 12.0. The number of carbonyl (C=O) groups excluding carboxylic acids is 6. The van der Waals surface area contributed by atoms with Gasteiger partial charge in [-0.05, 0) is 48.9 Å². The lowest BCUT2D eigenvalue weighted by Gasteiger charge is -2.28. The Kier molecular flexibility index (Phi) is 26.9. The molecule has 4 aromatic carbocycles. The number of carbonyl (C=O) groups is 6. The molecule has 0 saturated heterocycles. The number of hydrogen-bond acceptors (Lipinski definition) is 14. The Labute approximate surface area is 505 Å². The molecule has 4 heterocycles. The third-order valence-electron chi connectivity index (χ3n) is 14.7. The van der Waals surface area contributed by atoms with Crippen LogP contribution in [-0.2, 0) is 73.9 Å². The molecule has 0 bridgehead atoms. The molecule has 0 aliphatic carbocycles. The average Bonchev–Trinajstić information content (AvgIpc) is 1.94. The predicted molar refractivity (Wildman–Crippen MR) is 330 cm³/mol. The fourth-order valence-corrected chi connectivity index (χ4v) is 10.3. The van der Waals surface area contributed by atoms with Crippen LogP contribution in [0.4, 0.5) is 11.4 Å². The quantitative estimate of drug-likeness (QED) is 0.0296. The van der Waals surface area contributed by atoms with Crippen LogP contribution in [0.15, 0.2) is 97.1 Å². The van der Waals surface area contributed by atoms with E-state index in [0.29, 0.717) is 101 Å². The molecule has 6 aromatic rings. The molecule has 2 aromatic heterocycles. The van der Waals surface area contributed by atoms with Gasteiger partial charge in [-0.15, -0.1) is 10.2 Å². The number of nitrogens with zero attached hydrogens (tertiary/aromatic N) is 8. The Morgan fingerprint density at radius 1 is 0.430 bits per heavy atom. The molecule has 4 amide bonds. The van der Waals surface area contributed by atoms with E-state index < -0.39 is 0 Å². The minimum Gasteiger partial charge on any atom is -0.464 e. The first-order valence-electron chi connectivity index (χ1n) is 30.9. The molecule has 8 rings (SSSR count). The zero-order valence-electron chi connectivity index (χ0n) is 50.7. The Bertz CT molecular complexity index is 3160. The maximum atomic E-state index is 13.7. The summed E-state index contributed by atoms with van der Waals surface area (Å²) in [5.74, 6) is -1.07. The lowest BCUT2D eigenvalue weighted by molar-refractivity contribution is -0.145. The largest absolute Gasteiger partial charge is 0.464 e. The molecule has 460 valence electrons. The average molecular weight is 1180 g/mol. The van der Waals surface area contributed by atoms with Gasteiger partial charge in [-0.3, -0.25) is 28.8 Å². The van der Waals surface area contributed by atoms with E-state index >= 15 is 0 Å². The maximum Gasteiger partial charge on any atom is 0.305 e. The van der Waals surface area contributed by atoms with Crippen LogP contribution in [0.5, 0.6) is 0 Å². The molecule has 0 saturated carbocycles. The number of unbranched alkanes of at least 4 members (excludes halogenated alkanes) is 6. The van der Waals surface area contributed by atoms with Crippen LogP contribution in [-0.4, -0.2) is 118 Å². The van der Waals surface area contributed by atoms with Crippen LogP contribution >= 0.6 is 0 Å². The summed E-state index contributed by atoms with van der Waals surface area (Å²) in [6.45, 7) is 13.1. The van der Waals surface area contributed by atoms with E-state index in [1.54, 1.807) is 19.2 Å². The molecule has 0 unspecified atom stereocenters. The van der Waals surface area contributed by atoms with Gasteiger partial charge in [0.05, 0.1) is 62.2 Å². The van der Waals surface area contributed by atoms with Crippen LogP contribution in [0.2, 0.25) is 0 Å². The number of amides is 4. The molecule has 0 fully saturated rings. The molecule has 0 spiro atoms. The van der Waals surface area contributed by atoms with Crippen molar-refractivity contribution in [3.05, 3.63) is 108 Å². The van der Waals surface area contributed by atoms with E-state index in [2.05, 4.69) is 45.1 Å². The summed E-state index contributed by atoms with van der Waals surface area (Å²) >= 11 is 0. The van der Waals surface area contributed by atoms with Gasteiger partial charge in [0, 0.05) is 87.1 Å². The topological polar surface area (TPSA) is 231 Å². The van der Waals surface area contributed by atoms with Gasteiger partial charge >= 0.3 is 11.9 Å². The first kappa shape index (κ1) is 65.4. The zero-order valence-corrected chi connectivity index (χ0v) is 50.7. The van der Waals surface area contributed by atoms with Crippen LogP contribution in [0.1, 0.15) is 142 Å². The Morgan fingerprint density at radius 3 is 1.35 bits per heavy atom. The monoisotopic (exact) mass is 1180 g/mol. The molecule has 0 radical (unpaired) electrons. The van der Waals surface area contributed by atoms with Crippen molar-refractivity contribution >= 4 is 46.9 Å². The standard InChI is InChI=1S/2C33H43N5O5/c1-3-5-6-7-16-31(41)43-23-20-38-33-26-13-9-8-12-25(26)24-37(28-15-11-10-14-27(28)32(33)35-36-38)30(40)18-17-29(39)34-19-22-42-21-4-2;1-3-5-6-7-16-31(41)43-23-20-38-33-27-14-10-11-15-28(27)37(24-25-12-8-9-13-26(25)32(33)35-36-38)30(40)18-17-29(39)34-19-22-42-21-4-2/h2*8-15H,3-7,16-24H2,1-2H3,(H,34,39). The van der Waals surface area contributed by atoms with E-state index in [0.717, 1.165) is 109 Å². The van der Waals surface area contributed by atoms with E-state index in [9.17, 15) is 28.8 Å². The fraction of sp³-hybridized carbons (Fsp3) is 0.485. The second kappa shape index (κ2) is 35.4. The minimum absolute atomic E-state index is 0.0662. The molecular formula is C66H86N10O10. The second-order valence-electron chi connectivity index (χ2n) is 21.3. The molecule has 20 heteroatoms. The van der Waals surface area contributed by atoms with Crippen molar-refractivity contribution in [2.75, 3.05) is 62.5 Å². The number of aromatic nitrogens is 6. The van der Waals surface area contributed by atoms with Crippen molar-refractivity contribution in [3.63, 3.8) is 0 Å². The number of rotatable bonds is 32. The highest BCUT2D eigenvalue weighted by Crippen LogP contribution is 2.43. The van der Waals surface area contributed by atoms with Gasteiger partial charge in [0.15, 0.2) is 0 Å². The number of para-hydroxylation sites is 2. The Balaban J connectivity index is 0.000000246. The number of ether oxygens (including phenoxy) is 4. The van der Waals surface area contributed by atoms with Crippen LogP contribution in [0, 0.1) is 0 Å². The highest BCUT2D eigenvalue weighted by molar-refractivity contribution is 6.02. The van der Waals surface area contributed by atoms with Crippen molar-refractivity contribution in [1.29, 1.82) is 0 Å². The number of esters is 2. The van der Waals surface area contributed by atoms with E-state index in [4.69, 9.17) is 18.9 Å². The van der Waals surface area contributed by atoms with E-state index in [1.165, 1.54) is 0 Å².